The molecular formula is C19H13ClN2O5. The molecule has 1 N–H and O–H groups in total. The molecule has 1 aliphatic heterocycles. The molecule has 0 aliphatic carbocycles. The van der Waals surface area contributed by atoms with Crippen LogP contribution in [0.1, 0.15) is 10.4 Å². The number of amides is 1. The third-order valence-corrected chi connectivity index (χ3v) is 4.20. The van der Waals surface area contributed by atoms with Crippen LogP contribution in [-0.2, 0) is 9.53 Å². The number of benzene rings is 2. The van der Waals surface area contributed by atoms with Gasteiger partial charge in [-0.2, -0.15) is 0 Å². The Kier molecular flexibility index (Phi) is 4.52. The summed E-state index contributed by atoms with van der Waals surface area (Å²) in [6.07, 6.45) is 1.67. The number of nitrogens with one attached hydrogen (secondary N) is 1. The van der Waals surface area contributed by atoms with E-state index in [1.54, 1.807) is 24.4 Å². The van der Waals surface area contributed by atoms with Gasteiger partial charge in [-0.3, -0.25) is 9.78 Å². The molecule has 0 fully saturated rings. The molecule has 3 aromatic rings. The van der Waals surface area contributed by atoms with E-state index in [1.807, 2.05) is 12.1 Å². The molecule has 0 spiro atoms. The number of nitrogens with zero attached hydrogens (tertiary/aromatic N) is 1. The third-order valence-electron chi connectivity index (χ3n) is 3.92. The Labute approximate surface area is 158 Å². The van der Waals surface area contributed by atoms with Crippen LogP contribution in [0.15, 0.2) is 48.7 Å². The van der Waals surface area contributed by atoms with Crippen molar-refractivity contribution >= 4 is 40.1 Å². The lowest BCUT2D eigenvalue weighted by atomic mass is 10.2. The zero-order valence-corrected chi connectivity index (χ0v) is 14.7. The van der Waals surface area contributed by atoms with E-state index in [9.17, 15) is 9.59 Å². The van der Waals surface area contributed by atoms with Crippen LogP contribution in [0.4, 0.5) is 5.69 Å². The van der Waals surface area contributed by atoms with Gasteiger partial charge in [0.05, 0.1) is 21.8 Å². The van der Waals surface area contributed by atoms with Gasteiger partial charge in [-0.05, 0) is 36.4 Å². The summed E-state index contributed by atoms with van der Waals surface area (Å²) in [7, 11) is 0. The molecule has 0 radical (unpaired) electrons. The summed E-state index contributed by atoms with van der Waals surface area (Å²) in [5.74, 6) is -0.408. The Morgan fingerprint density at radius 3 is 2.96 bits per heavy atom. The van der Waals surface area contributed by atoms with Gasteiger partial charge >= 0.3 is 5.97 Å². The van der Waals surface area contributed by atoms with E-state index in [2.05, 4.69) is 10.3 Å². The molecule has 8 heteroatoms. The summed E-state index contributed by atoms with van der Waals surface area (Å²) in [5.41, 5.74) is 1.52. The van der Waals surface area contributed by atoms with Crippen molar-refractivity contribution in [3.63, 3.8) is 0 Å². The highest BCUT2D eigenvalue weighted by molar-refractivity contribution is 6.32. The van der Waals surface area contributed by atoms with Crippen molar-refractivity contribution in [2.45, 2.75) is 0 Å². The molecule has 1 aliphatic rings. The van der Waals surface area contributed by atoms with Crippen LogP contribution in [0.2, 0.25) is 5.02 Å². The standard InChI is InChI=1S/C19H13ClN2O5/c20-13-7-11(8-16-18(13)27-10-26-16)19(24)25-9-17(23)22-15-5-1-4-14-12(15)3-2-6-21-14/h1-8H,9-10H2,(H,22,23). The molecule has 0 saturated heterocycles. The lowest BCUT2D eigenvalue weighted by molar-refractivity contribution is -0.119. The second kappa shape index (κ2) is 7.13. The van der Waals surface area contributed by atoms with Crippen LogP contribution in [0.25, 0.3) is 10.9 Å². The summed E-state index contributed by atoms with van der Waals surface area (Å²) in [6, 6.07) is 11.9. The van der Waals surface area contributed by atoms with Crippen molar-refractivity contribution in [3.05, 3.63) is 59.2 Å². The molecule has 27 heavy (non-hydrogen) atoms. The first-order chi connectivity index (χ1) is 13.1. The van der Waals surface area contributed by atoms with E-state index in [0.29, 0.717) is 17.2 Å². The Bertz CT molecular complexity index is 1050. The molecule has 2 heterocycles. The minimum absolute atomic E-state index is 0.0375. The fraction of sp³-hybridized carbons (Fsp3) is 0.105. The van der Waals surface area contributed by atoms with Crippen molar-refractivity contribution in [2.24, 2.45) is 0 Å². The minimum atomic E-state index is -0.690. The number of anilines is 1. The van der Waals surface area contributed by atoms with E-state index in [0.717, 1.165) is 10.9 Å². The SMILES string of the molecule is O=C(COC(=O)c1cc(Cl)c2c(c1)OCO2)Nc1cccc2ncccc12. The number of rotatable bonds is 4. The Morgan fingerprint density at radius 2 is 2.07 bits per heavy atom. The minimum Gasteiger partial charge on any atom is -0.454 e. The Balaban J connectivity index is 1.42. The topological polar surface area (TPSA) is 86.8 Å². The van der Waals surface area contributed by atoms with Gasteiger partial charge in [-0.1, -0.05) is 17.7 Å². The molecule has 2 aromatic carbocycles. The molecule has 0 saturated carbocycles. The van der Waals surface area contributed by atoms with E-state index in [-0.39, 0.29) is 17.4 Å². The maximum atomic E-state index is 12.2. The predicted octanol–water partition coefficient (Wildman–Crippen LogP) is 3.41. The van der Waals surface area contributed by atoms with Crippen LogP contribution < -0.4 is 14.8 Å². The van der Waals surface area contributed by atoms with Crippen LogP contribution in [0, 0.1) is 0 Å². The van der Waals surface area contributed by atoms with E-state index >= 15 is 0 Å². The second-order valence-electron chi connectivity index (χ2n) is 5.69. The van der Waals surface area contributed by atoms with Crippen molar-refractivity contribution < 1.29 is 23.8 Å². The molecular weight excluding hydrogens is 372 g/mol. The van der Waals surface area contributed by atoms with Crippen molar-refractivity contribution in [1.82, 2.24) is 4.98 Å². The van der Waals surface area contributed by atoms with Crippen LogP contribution in [0.5, 0.6) is 11.5 Å². The summed E-state index contributed by atoms with van der Waals surface area (Å²) in [5, 5.41) is 3.75. The highest BCUT2D eigenvalue weighted by Crippen LogP contribution is 2.39. The fourth-order valence-corrected chi connectivity index (χ4v) is 2.96. The average molecular weight is 385 g/mol. The first-order valence-corrected chi connectivity index (χ1v) is 8.39. The lowest BCUT2D eigenvalue weighted by Gasteiger charge is -2.09. The fourth-order valence-electron chi connectivity index (χ4n) is 2.70. The highest BCUT2D eigenvalue weighted by atomic mass is 35.5. The van der Waals surface area contributed by atoms with Crippen LogP contribution in [-0.4, -0.2) is 30.3 Å². The number of ether oxygens (including phenoxy) is 3. The number of hydrogen-bond acceptors (Lipinski definition) is 6. The first-order valence-electron chi connectivity index (χ1n) is 8.02. The van der Waals surface area contributed by atoms with Crippen LogP contribution in [0.3, 0.4) is 0 Å². The summed E-state index contributed by atoms with van der Waals surface area (Å²) in [4.78, 5) is 28.6. The smallest absolute Gasteiger partial charge is 0.338 e. The summed E-state index contributed by atoms with van der Waals surface area (Å²) < 4.78 is 15.5. The third kappa shape index (κ3) is 3.50. The zero-order valence-electron chi connectivity index (χ0n) is 13.9. The van der Waals surface area contributed by atoms with Crippen LogP contribution >= 0.6 is 11.6 Å². The first kappa shape index (κ1) is 17.1. The van der Waals surface area contributed by atoms with Gasteiger partial charge in [0, 0.05) is 11.6 Å². The number of carbonyl (C=O) groups excluding carboxylic acids is 2. The van der Waals surface area contributed by atoms with Gasteiger partial charge in [0.15, 0.2) is 18.1 Å². The number of hydrogen-bond donors (Lipinski definition) is 1. The summed E-state index contributed by atoms with van der Waals surface area (Å²) in [6.45, 7) is -0.405. The van der Waals surface area contributed by atoms with Gasteiger partial charge in [-0.25, -0.2) is 4.79 Å². The molecule has 0 bridgehead atoms. The summed E-state index contributed by atoms with van der Waals surface area (Å²) >= 11 is 6.05. The maximum Gasteiger partial charge on any atom is 0.338 e. The number of halogens is 1. The Hall–Kier alpha value is -3.32. The molecule has 7 nitrogen and oxygen atoms in total. The van der Waals surface area contributed by atoms with Crippen molar-refractivity contribution in [3.8, 4) is 11.5 Å². The van der Waals surface area contributed by atoms with Gasteiger partial charge in [0.25, 0.3) is 5.91 Å². The molecule has 0 unspecified atom stereocenters. The molecule has 1 aromatic heterocycles. The normalized spacial score (nSPS) is 12.0. The molecule has 1 amide bonds. The number of carbonyl (C=O) groups is 2. The predicted molar refractivity (Wildman–Crippen MR) is 98.2 cm³/mol. The van der Waals surface area contributed by atoms with E-state index < -0.39 is 18.5 Å². The monoisotopic (exact) mass is 384 g/mol. The zero-order chi connectivity index (χ0) is 18.8. The Morgan fingerprint density at radius 1 is 1.19 bits per heavy atom. The number of fused-ring (bicyclic) bond motifs is 2. The second-order valence-corrected chi connectivity index (χ2v) is 6.10. The molecule has 0 atom stereocenters. The number of aromatic nitrogens is 1. The van der Waals surface area contributed by atoms with E-state index in [1.165, 1.54) is 12.1 Å². The maximum absolute atomic E-state index is 12.2. The van der Waals surface area contributed by atoms with Gasteiger partial charge < -0.3 is 19.5 Å². The van der Waals surface area contributed by atoms with Gasteiger partial charge in [0.1, 0.15) is 0 Å². The number of esters is 1. The molecule has 4 rings (SSSR count). The van der Waals surface area contributed by atoms with Gasteiger partial charge in [0.2, 0.25) is 6.79 Å². The number of pyridine rings is 1. The lowest BCUT2D eigenvalue weighted by Crippen LogP contribution is -2.21. The molecule has 136 valence electrons. The largest absolute Gasteiger partial charge is 0.454 e. The van der Waals surface area contributed by atoms with Crippen molar-refractivity contribution in [2.75, 3.05) is 18.7 Å². The quantitative estimate of drug-likeness (QED) is 0.694. The van der Waals surface area contributed by atoms with Crippen molar-refractivity contribution in [1.29, 1.82) is 0 Å². The van der Waals surface area contributed by atoms with Gasteiger partial charge in [-0.15, -0.1) is 0 Å². The highest BCUT2D eigenvalue weighted by Gasteiger charge is 2.21. The average Bonchev–Trinajstić information content (AvgIpc) is 3.16. The van der Waals surface area contributed by atoms with E-state index in [4.69, 9.17) is 25.8 Å².